The van der Waals surface area contributed by atoms with E-state index < -0.39 is 0 Å². The van der Waals surface area contributed by atoms with Gasteiger partial charge in [-0.25, -0.2) is 0 Å². The minimum atomic E-state index is 0.722. The zero-order valence-corrected chi connectivity index (χ0v) is 32.5. The molecule has 0 atom stereocenters. The standard InChI is InChI=1S/C55H38N4/c1-3-39(29-28-38(2)56-50-22-10-4-16-44(50)45-17-5-11-23-51(45)56)57(40-30-34-42(35-31-40)58-52-24-12-6-18-46(52)47-19-7-13-25-53(47)58)41-32-36-43(37-33-41)59-54-26-14-8-20-48(54)49-21-9-15-27-55(49)59/h1,4-37H,2H3/b38-28+,39-29+. The molecule has 59 heavy (non-hydrogen) atoms. The summed E-state index contributed by atoms with van der Waals surface area (Å²) in [7, 11) is 0. The smallest absolute Gasteiger partial charge is 0.0967 e. The van der Waals surface area contributed by atoms with Gasteiger partial charge >= 0.3 is 0 Å². The van der Waals surface area contributed by atoms with Gasteiger partial charge in [0, 0.05) is 60.8 Å². The quantitative estimate of drug-likeness (QED) is 0.117. The lowest BCUT2D eigenvalue weighted by Crippen LogP contribution is -2.15. The van der Waals surface area contributed by atoms with E-state index in [1.165, 1.54) is 54.4 Å². The number of rotatable bonds is 7. The summed E-state index contributed by atoms with van der Waals surface area (Å²) in [5, 5.41) is 7.40. The zero-order chi connectivity index (χ0) is 39.5. The molecule has 0 spiro atoms. The van der Waals surface area contributed by atoms with Crippen molar-refractivity contribution < 1.29 is 0 Å². The van der Waals surface area contributed by atoms with Crippen LogP contribution in [0.25, 0.3) is 82.5 Å². The normalized spacial score (nSPS) is 12.3. The molecule has 0 aliphatic heterocycles. The number of aromatic nitrogens is 3. The molecule has 278 valence electrons. The monoisotopic (exact) mass is 754 g/mol. The number of terminal acetylenes is 1. The fraction of sp³-hybridized carbons (Fsp3) is 0.0182. The third kappa shape index (κ3) is 5.48. The van der Waals surface area contributed by atoms with Crippen LogP contribution in [0.3, 0.4) is 0 Å². The average Bonchev–Trinajstić information content (AvgIpc) is 3.94. The van der Waals surface area contributed by atoms with Crippen LogP contribution in [-0.4, -0.2) is 13.7 Å². The Morgan fingerprint density at radius 1 is 0.407 bits per heavy atom. The Kier molecular flexibility index (Phi) is 8.06. The Bertz CT molecular complexity index is 3190. The fourth-order valence-corrected chi connectivity index (χ4v) is 9.09. The lowest BCUT2D eigenvalue weighted by Gasteiger charge is -2.26. The van der Waals surface area contributed by atoms with Gasteiger partial charge in [-0.1, -0.05) is 115 Å². The van der Waals surface area contributed by atoms with Crippen LogP contribution in [0.4, 0.5) is 11.4 Å². The van der Waals surface area contributed by atoms with Crippen molar-refractivity contribution in [1.29, 1.82) is 0 Å². The molecule has 0 fully saturated rings. The van der Waals surface area contributed by atoms with E-state index >= 15 is 0 Å². The van der Waals surface area contributed by atoms with E-state index in [4.69, 9.17) is 6.42 Å². The SMILES string of the molecule is C#C/C(=C\C=C(/C)n1c2ccccc2c2ccccc21)N(c1ccc(-n2c3ccccc3c3ccccc32)cc1)c1ccc(-n2c3ccccc3c3ccccc32)cc1. The number of nitrogens with zero attached hydrogens (tertiary/aromatic N) is 4. The van der Waals surface area contributed by atoms with Gasteiger partial charge in [0.25, 0.3) is 0 Å². The molecule has 0 saturated heterocycles. The number of para-hydroxylation sites is 6. The number of allylic oxidation sites excluding steroid dienone is 4. The van der Waals surface area contributed by atoms with Gasteiger partial charge in [0.2, 0.25) is 0 Å². The second-order valence-corrected chi connectivity index (χ2v) is 15.0. The van der Waals surface area contributed by atoms with Crippen LogP contribution in [0.1, 0.15) is 6.92 Å². The largest absolute Gasteiger partial charge is 0.313 e. The minimum Gasteiger partial charge on any atom is -0.313 e. The Labute approximate surface area is 342 Å². The molecule has 0 aliphatic rings. The summed E-state index contributed by atoms with van der Waals surface area (Å²) in [5.74, 6) is 3.08. The third-order valence-corrected chi connectivity index (χ3v) is 11.7. The van der Waals surface area contributed by atoms with Crippen LogP contribution in [0.2, 0.25) is 0 Å². The fourth-order valence-electron chi connectivity index (χ4n) is 9.09. The first-order valence-corrected chi connectivity index (χ1v) is 20.0. The highest BCUT2D eigenvalue weighted by Gasteiger charge is 2.18. The van der Waals surface area contributed by atoms with E-state index in [-0.39, 0.29) is 0 Å². The van der Waals surface area contributed by atoms with Gasteiger partial charge in [-0.3, -0.25) is 0 Å². The first kappa shape index (κ1) is 34.3. The lowest BCUT2D eigenvalue weighted by molar-refractivity contribution is 1.15. The third-order valence-electron chi connectivity index (χ3n) is 11.7. The van der Waals surface area contributed by atoms with Crippen molar-refractivity contribution in [2.24, 2.45) is 0 Å². The van der Waals surface area contributed by atoms with E-state index in [1.54, 1.807) is 0 Å². The van der Waals surface area contributed by atoms with Crippen molar-refractivity contribution in [1.82, 2.24) is 13.7 Å². The molecule has 11 rings (SSSR count). The number of hydrogen-bond acceptors (Lipinski definition) is 1. The van der Waals surface area contributed by atoms with Crippen LogP contribution in [-0.2, 0) is 0 Å². The summed E-state index contributed by atoms with van der Waals surface area (Å²) in [6.07, 6.45) is 10.7. The molecule has 4 nitrogen and oxygen atoms in total. The van der Waals surface area contributed by atoms with Gasteiger partial charge < -0.3 is 18.6 Å². The maximum absolute atomic E-state index is 6.49. The highest BCUT2D eigenvalue weighted by Crippen LogP contribution is 2.37. The van der Waals surface area contributed by atoms with Crippen molar-refractivity contribution in [2.45, 2.75) is 6.92 Å². The first-order chi connectivity index (χ1) is 29.2. The van der Waals surface area contributed by atoms with Crippen LogP contribution >= 0.6 is 0 Å². The van der Waals surface area contributed by atoms with Gasteiger partial charge in [-0.15, -0.1) is 6.42 Å². The van der Waals surface area contributed by atoms with Gasteiger partial charge in [-0.2, -0.15) is 0 Å². The molecule has 0 unspecified atom stereocenters. The number of fused-ring (bicyclic) bond motifs is 9. The summed E-state index contributed by atoms with van der Waals surface area (Å²) in [6, 6.07) is 69.1. The van der Waals surface area contributed by atoms with Gasteiger partial charge in [0.15, 0.2) is 0 Å². The molecule has 3 heterocycles. The highest BCUT2D eigenvalue weighted by molar-refractivity contribution is 6.11. The highest BCUT2D eigenvalue weighted by atomic mass is 15.1. The Morgan fingerprint density at radius 3 is 1.05 bits per heavy atom. The molecular weight excluding hydrogens is 717 g/mol. The van der Waals surface area contributed by atoms with E-state index in [2.05, 4.69) is 238 Å². The van der Waals surface area contributed by atoms with Crippen molar-refractivity contribution >= 4 is 82.5 Å². The van der Waals surface area contributed by atoms with E-state index in [0.717, 1.165) is 45.2 Å². The van der Waals surface area contributed by atoms with E-state index in [0.29, 0.717) is 0 Å². The molecule has 0 bridgehead atoms. The van der Waals surface area contributed by atoms with Crippen LogP contribution in [0.5, 0.6) is 0 Å². The Morgan fingerprint density at radius 2 is 0.712 bits per heavy atom. The second kappa shape index (κ2) is 13.9. The molecule has 0 aliphatic carbocycles. The molecular formula is C55H38N4. The van der Waals surface area contributed by atoms with E-state index in [1.807, 2.05) is 0 Å². The van der Waals surface area contributed by atoms with Crippen LogP contribution in [0, 0.1) is 12.3 Å². The number of benzene rings is 8. The molecule has 0 N–H and O–H groups in total. The van der Waals surface area contributed by atoms with Crippen molar-refractivity contribution in [3.8, 4) is 23.7 Å². The van der Waals surface area contributed by atoms with Crippen molar-refractivity contribution in [3.05, 3.63) is 212 Å². The molecule has 4 heteroatoms. The summed E-state index contributed by atoms with van der Waals surface area (Å²) < 4.78 is 7.00. The average molecular weight is 755 g/mol. The molecule has 0 saturated carbocycles. The summed E-state index contributed by atoms with van der Waals surface area (Å²) in [4.78, 5) is 2.18. The summed E-state index contributed by atoms with van der Waals surface area (Å²) in [6.45, 7) is 2.15. The minimum absolute atomic E-state index is 0.722. The maximum atomic E-state index is 6.49. The predicted molar refractivity (Wildman–Crippen MR) is 250 cm³/mol. The zero-order valence-electron chi connectivity index (χ0n) is 32.5. The predicted octanol–water partition coefficient (Wildman–Crippen LogP) is 14.2. The summed E-state index contributed by atoms with van der Waals surface area (Å²) >= 11 is 0. The molecule has 0 amide bonds. The summed E-state index contributed by atoms with van der Waals surface area (Å²) in [5.41, 5.74) is 12.9. The second-order valence-electron chi connectivity index (χ2n) is 15.0. The molecule has 8 aromatic carbocycles. The first-order valence-electron chi connectivity index (χ1n) is 20.0. The van der Waals surface area contributed by atoms with E-state index in [9.17, 15) is 0 Å². The molecule has 0 radical (unpaired) electrons. The lowest BCUT2D eigenvalue weighted by atomic mass is 10.1. The molecule has 3 aromatic heterocycles. The topological polar surface area (TPSA) is 18.0 Å². The Balaban J connectivity index is 1.05. The van der Waals surface area contributed by atoms with Crippen LogP contribution in [0.15, 0.2) is 212 Å². The van der Waals surface area contributed by atoms with Gasteiger partial charge in [0.1, 0.15) is 0 Å². The van der Waals surface area contributed by atoms with Crippen molar-refractivity contribution in [3.63, 3.8) is 0 Å². The van der Waals surface area contributed by atoms with Crippen molar-refractivity contribution in [2.75, 3.05) is 4.90 Å². The maximum Gasteiger partial charge on any atom is 0.0967 e. The number of hydrogen-bond donors (Lipinski definition) is 0. The number of anilines is 2. The molecule has 11 aromatic rings. The van der Waals surface area contributed by atoms with Gasteiger partial charge in [-0.05, 0) is 104 Å². The Hall–Kier alpha value is -8.00. The van der Waals surface area contributed by atoms with Crippen LogP contribution < -0.4 is 4.90 Å². The van der Waals surface area contributed by atoms with Gasteiger partial charge in [0.05, 0.1) is 38.8 Å².